The van der Waals surface area contributed by atoms with E-state index >= 15 is 0 Å². The van der Waals surface area contributed by atoms with Crippen molar-refractivity contribution >= 4 is 11.6 Å². The first-order valence-electron chi connectivity index (χ1n) is 3.85. The standard InChI is InChI=1S/C9H13ClO/c1-11-9(10)7-8-5-3-2-4-6-8/h3,5-6,9H,2,4,7H2,1H3. The molecule has 1 unspecified atom stereocenters. The average Bonchev–Trinajstić information content (AvgIpc) is 2.06. The SMILES string of the molecule is COC(Cl)CC1=CCCC=C1. The molecule has 0 spiro atoms. The largest absolute Gasteiger partial charge is 0.365 e. The third-order valence-corrected chi connectivity index (χ3v) is 2.06. The fourth-order valence-corrected chi connectivity index (χ4v) is 1.27. The highest BCUT2D eigenvalue weighted by Crippen LogP contribution is 2.17. The number of hydrogen-bond acceptors (Lipinski definition) is 1. The monoisotopic (exact) mass is 172 g/mol. The Kier molecular flexibility index (Phi) is 3.67. The molecule has 0 bridgehead atoms. The Labute approximate surface area is 72.7 Å². The Morgan fingerprint density at radius 1 is 1.64 bits per heavy atom. The normalized spacial score (nSPS) is 19.6. The van der Waals surface area contributed by atoms with E-state index in [0.717, 1.165) is 19.3 Å². The molecule has 1 aliphatic rings. The Morgan fingerprint density at radius 2 is 2.45 bits per heavy atom. The molecule has 0 aromatic heterocycles. The summed E-state index contributed by atoms with van der Waals surface area (Å²) in [4.78, 5) is 0. The Morgan fingerprint density at radius 3 is 3.00 bits per heavy atom. The van der Waals surface area contributed by atoms with Gasteiger partial charge in [-0.2, -0.15) is 0 Å². The van der Waals surface area contributed by atoms with Crippen LogP contribution >= 0.6 is 11.6 Å². The lowest BCUT2D eigenvalue weighted by Crippen LogP contribution is -2.02. The first kappa shape index (κ1) is 8.82. The first-order valence-corrected chi connectivity index (χ1v) is 4.29. The van der Waals surface area contributed by atoms with Crippen LogP contribution in [0.25, 0.3) is 0 Å². The summed E-state index contributed by atoms with van der Waals surface area (Å²) in [6, 6.07) is 0. The molecule has 1 aliphatic carbocycles. The minimum atomic E-state index is -0.177. The number of ether oxygens (including phenoxy) is 1. The van der Waals surface area contributed by atoms with E-state index in [0.29, 0.717) is 0 Å². The molecular weight excluding hydrogens is 160 g/mol. The van der Waals surface area contributed by atoms with Gasteiger partial charge in [0.15, 0.2) is 0 Å². The van der Waals surface area contributed by atoms with Crippen LogP contribution in [0, 0.1) is 0 Å². The summed E-state index contributed by atoms with van der Waals surface area (Å²) >= 11 is 5.80. The highest BCUT2D eigenvalue weighted by molar-refractivity contribution is 6.19. The molecule has 0 saturated carbocycles. The number of alkyl halides is 1. The molecule has 0 saturated heterocycles. The van der Waals surface area contributed by atoms with E-state index in [-0.39, 0.29) is 5.56 Å². The first-order chi connectivity index (χ1) is 5.33. The summed E-state index contributed by atoms with van der Waals surface area (Å²) in [7, 11) is 1.63. The van der Waals surface area contributed by atoms with Crippen LogP contribution in [-0.2, 0) is 4.74 Å². The van der Waals surface area contributed by atoms with E-state index in [4.69, 9.17) is 16.3 Å². The maximum atomic E-state index is 5.80. The fourth-order valence-electron chi connectivity index (χ4n) is 1.09. The third kappa shape index (κ3) is 3.08. The van der Waals surface area contributed by atoms with Gasteiger partial charge in [0.25, 0.3) is 0 Å². The molecule has 0 aromatic carbocycles. The van der Waals surface area contributed by atoms with E-state index < -0.39 is 0 Å². The molecule has 0 heterocycles. The molecule has 2 heteroatoms. The van der Waals surface area contributed by atoms with Gasteiger partial charge in [0.05, 0.1) is 0 Å². The van der Waals surface area contributed by atoms with Crippen LogP contribution in [0.3, 0.4) is 0 Å². The molecule has 1 atom stereocenters. The molecule has 1 rings (SSSR count). The molecular formula is C9H13ClO. The number of methoxy groups -OCH3 is 1. The summed E-state index contributed by atoms with van der Waals surface area (Å²) in [5.41, 5.74) is 1.11. The topological polar surface area (TPSA) is 9.23 Å². The van der Waals surface area contributed by atoms with Crippen molar-refractivity contribution < 1.29 is 4.74 Å². The van der Waals surface area contributed by atoms with Crippen molar-refractivity contribution in [3.05, 3.63) is 23.8 Å². The van der Waals surface area contributed by atoms with Gasteiger partial charge in [-0.15, -0.1) is 0 Å². The van der Waals surface area contributed by atoms with Crippen LogP contribution in [0.15, 0.2) is 23.8 Å². The van der Waals surface area contributed by atoms with Gasteiger partial charge >= 0.3 is 0 Å². The molecule has 0 aliphatic heterocycles. The number of hydrogen-bond donors (Lipinski definition) is 0. The van der Waals surface area contributed by atoms with Gasteiger partial charge in [-0.1, -0.05) is 29.8 Å². The van der Waals surface area contributed by atoms with Gasteiger partial charge < -0.3 is 4.74 Å². The lowest BCUT2D eigenvalue weighted by molar-refractivity contribution is 0.168. The number of halogens is 1. The molecule has 1 nitrogen and oxygen atoms in total. The van der Waals surface area contributed by atoms with E-state index in [1.165, 1.54) is 5.57 Å². The Hall–Kier alpha value is -0.270. The van der Waals surface area contributed by atoms with Crippen molar-refractivity contribution in [3.8, 4) is 0 Å². The van der Waals surface area contributed by atoms with Crippen molar-refractivity contribution in [2.45, 2.75) is 24.8 Å². The molecule has 11 heavy (non-hydrogen) atoms. The van der Waals surface area contributed by atoms with E-state index in [1.807, 2.05) is 0 Å². The minimum Gasteiger partial charge on any atom is -0.365 e. The maximum Gasteiger partial charge on any atom is 0.134 e. The Bertz CT molecular complexity index is 172. The van der Waals surface area contributed by atoms with Gasteiger partial charge in [0, 0.05) is 13.5 Å². The Balaban J connectivity index is 2.36. The number of allylic oxidation sites excluding steroid dienone is 3. The van der Waals surface area contributed by atoms with Crippen molar-refractivity contribution in [2.24, 2.45) is 0 Å². The molecule has 0 N–H and O–H groups in total. The molecule has 0 fully saturated rings. The van der Waals surface area contributed by atoms with Crippen LogP contribution in [0.1, 0.15) is 19.3 Å². The van der Waals surface area contributed by atoms with Gasteiger partial charge in [0.1, 0.15) is 5.56 Å². The van der Waals surface area contributed by atoms with E-state index in [1.54, 1.807) is 7.11 Å². The van der Waals surface area contributed by atoms with E-state index in [9.17, 15) is 0 Å². The second-order valence-electron chi connectivity index (χ2n) is 2.61. The van der Waals surface area contributed by atoms with Crippen molar-refractivity contribution in [1.29, 1.82) is 0 Å². The summed E-state index contributed by atoms with van der Waals surface area (Å²) in [6.07, 6.45) is 9.62. The molecule has 0 amide bonds. The average molecular weight is 173 g/mol. The van der Waals surface area contributed by atoms with Gasteiger partial charge in [-0.25, -0.2) is 0 Å². The predicted octanol–water partition coefficient (Wildman–Crippen LogP) is 2.86. The van der Waals surface area contributed by atoms with Crippen LogP contribution < -0.4 is 0 Å². The fraction of sp³-hybridized carbons (Fsp3) is 0.556. The van der Waals surface area contributed by atoms with Crippen molar-refractivity contribution in [1.82, 2.24) is 0 Å². The zero-order chi connectivity index (χ0) is 8.10. The minimum absolute atomic E-state index is 0.177. The molecule has 0 radical (unpaired) electrons. The zero-order valence-corrected chi connectivity index (χ0v) is 7.47. The lowest BCUT2D eigenvalue weighted by atomic mass is 10.1. The van der Waals surface area contributed by atoms with E-state index in [2.05, 4.69) is 18.2 Å². The van der Waals surface area contributed by atoms with Crippen LogP contribution in [0.4, 0.5) is 0 Å². The lowest BCUT2D eigenvalue weighted by Gasteiger charge is -2.10. The highest BCUT2D eigenvalue weighted by atomic mass is 35.5. The summed E-state index contributed by atoms with van der Waals surface area (Å²) in [5.74, 6) is 0. The second kappa shape index (κ2) is 4.58. The zero-order valence-electron chi connectivity index (χ0n) is 6.72. The number of rotatable bonds is 3. The van der Waals surface area contributed by atoms with Crippen LogP contribution in [-0.4, -0.2) is 12.7 Å². The maximum absolute atomic E-state index is 5.80. The van der Waals surface area contributed by atoms with Gasteiger partial charge in [-0.05, 0) is 18.4 Å². The molecule has 0 aromatic rings. The summed E-state index contributed by atoms with van der Waals surface area (Å²) in [6.45, 7) is 0. The smallest absolute Gasteiger partial charge is 0.134 e. The molecule has 62 valence electrons. The second-order valence-corrected chi connectivity index (χ2v) is 3.10. The van der Waals surface area contributed by atoms with Gasteiger partial charge in [0.2, 0.25) is 0 Å². The van der Waals surface area contributed by atoms with Crippen LogP contribution in [0.5, 0.6) is 0 Å². The van der Waals surface area contributed by atoms with Crippen molar-refractivity contribution in [3.63, 3.8) is 0 Å². The van der Waals surface area contributed by atoms with Crippen molar-refractivity contribution in [2.75, 3.05) is 7.11 Å². The predicted molar refractivity (Wildman–Crippen MR) is 47.7 cm³/mol. The quantitative estimate of drug-likeness (QED) is 0.595. The summed E-state index contributed by atoms with van der Waals surface area (Å²) < 4.78 is 4.94. The highest BCUT2D eigenvalue weighted by Gasteiger charge is 2.04. The van der Waals surface area contributed by atoms with Gasteiger partial charge in [-0.3, -0.25) is 0 Å². The third-order valence-electron chi connectivity index (χ3n) is 1.72. The summed E-state index contributed by atoms with van der Waals surface area (Å²) in [5, 5.41) is 0. The van der Waals surface area contributed by atoms with Crippen LogP contribution in [0.2, 0.25) is 0 Å².